The number of carbonyl (C=O) groups excluding carboxylic acids is 1. The van der Waals surface area contributed by atoms with Gasteiger partial charge in [0.25, 0.3) is 0 Å². The van der Waals surface area contributed by atoms with Gasteiger partial charge in [-0.1, -0.05) is 72.8 Å². The largest absolute Gasteiger partial charge is 1.00 e. The smallest absolute Gasteiger partial charge is 0.185 e. The van der Waals surface area contributed by atoms with Gasteiger partial charge in [0.1, 0.15) is 42.1 Å². The number of carbonyl (C=O) groups is 1. The molecule has 0 aromatic heterocycles. The molecule has 1 aliphatic rings. The highest BCUT2D eigenvalue weighted by atomic mass is 79.9. The third-order valence-corrected chi connectivity index (χ3v) is 12.9. The molecule has 47 heavy (non-hydrogen) atoms. The van der Waals surface area contributed by atoms with E-state index in [4.69, 9.17) is 14.2 Å². The van der Waals surface area contributed by atoms with E-state index in [9.17, 15) is 4.79 Å². The Morgan fingerprint density at radius 1 is 0.638 bits per heavy atom. The van der Waals surface area contributed by atoms with Crippen molar-refractivity contribution in [3.63, 3.8) is 0 Å². The van der Waals surface area contributed by atoms with Gasteiger partial charge in [-0.15, -0.1) is 0 Å². The number of allylic oxidation sites excluding steroid dienone is 1. The number of benzene rings is 5. The Kier molecular flexibility index (Phi) is 12.4. The Labute approximate surface area is 289 Å². The molecular weight excluding hydrogens is 667 g/mol. The van der Waals surface area contributed by atoms with Crippen molar-refractivity contribution in [3.05, 3.63) is 151 Å². The van der Waals surface area contributed by atoms with Gasteiger partial charge in [0.15, 0.2) is 17.3 Å². The second kappa shape index (κ2) is 17.1. The molecule has 0 amide bonds. The van der Waals surface area contributed by atoms with Crippen LogP contribution in [0.1, 0.15) is 41.6 Å². The quantitative estimate of drug-likeness (QED) is 0.0682. The lowest BCUT2D eigenvalue weighted by Crippen LogP contribution is -3.00. The fourth-order valence-electron chi connectivity index (χ4n) is 6.02. The SMILES string of the molecule is O=C(C=Cc1ccc(OCCCCCC[P+](c2ccccc2)(c2ccccc2)c2ccccc2)cc1)c1ccc2c(c1)OCCO2.[Br-]. The molecule has 0 unspecified atom stereocenters. The molecule has 6 heteroatoms. The fourth-order valence-corrected chi connectivity index (χ4v) is 10.4. The molecule has 0 radical (unpaired) electrons. The van der Waals surface area contributed by atoms with E-state index in [0.29, 0.717) is 36.9 Å². The number of ether oxygens (including phenoxy) is 3. The summed E-state index contributed by atoms with van der Waals surface area (Å²) in [5, 5.41) is 4.34. The van der Waals surface area contributed by atoms with Gasteiger partial charge in [0, 0.05) is 5.56 Å². The average molecular weight is 708 g/mol. The molecule has 0 N–H and O–H groups in total. The number of hydrogen-bond acceptors (Lipinski definition) is 4. The Hall–Kier alpha value is -4.18. The lowest BCUT2D eigenvalue weighted by molar-refractivity contribution is -0.0000173. The summed E-state index contributed by atoms with van der Waals surface area (Å²) in [6.45, 7) is 1.71. The first-order valence-electron chi connectivity index (χ1n) is 16.1. The molecule has 0 saturated carbocycles. The summed E-state index contributed by atoms with van der Waals surface area (Å²) in [6.07, 6.45) is 9.03. The normalized spacial score (nSPS) is 12.3. The van der Waals surface area contributed by atoms with E-state index in [1.165, 1.54) is 28.8 Å². The molecule has 1 heterocycles. The lowest BCUT2D eigenvalue weighted by Gasteiger charge is -2.27. The Morgan fingerprint density at radius 2 is 1.19 bits per heavy atom. The van der Waals surface area contributed by atoms with Gasteiger partial charge < -0.3 is 31.2 Å². The highest BCUT2D eigenvalue weighted by Crippen LogP contribution is 2.56. The van der Waals surface area contributed by atoms with E-state index in [1.54, 1.807) is 24.3 Å². The maximum absolute atomic E-state index is 12.7. The van der Waals surface area contributed by atoms with Crippen molar-refractivity contribution in [3.8, 4) is 17.2 Å². The lowest BCUT2D eigenvalue weighted by atomic mass is 10.1. The minimum atomic E-state index is -1.76. The summed E-state index contributed by atoms with van der Waals surface area (Å²) < 4.78 is 17.2. The maximum atomic E-state index is 12.7. The zero-order valence-corrected chi connectivity index (χ0v) is 29.0. The van der Waals surface area contributed by atoms with E-state index in [-0.39, 0.29) is 22.8 Å². The molecule has 1 aliphatic heterocycles. The van der Waals surface area contributed by atoms with Crippen LogP contribution in [0, 0.1) is 0 Å². The van der Waals surface area contributed by atoms with Crippen LogP contribution in [0.15, 0.2) is 140 Å². The van der Waals surface area contributed by atoms with Crippen LogP contribution >= 0.6 is 7.26 Å². The summed E-state index contributed by atoms with van der Waals surface area (Å²) in [5.74, 6) is 2.07. The van der Waals surface area contributed by atoms with Crippen molar-refractivity contribution < 1.29 is 36.0 Å². The number of halogens is 1. The van der Waals surface area contributed by atoms with Crippen molar-refractivity contribution in [1.82, 2.24) is 0 Å². The standard InChI is InChI=1S/C41H40O4P.BrH/c42-39(34-23-27-40-41(32-34)45-30-29-44-40)26-22-33-20-24-35(25-21-33)43-28-12-1-2-13-31-46(36-14-6-3-7-15-36,37-16-8-4-9-17-37)38-18-10-5-11-19-38;/h3-11,14-27,32H,1-2,12-13,28-31H2;1H/q+1;/p-1. The van der Waals surface area contributed by atoms with Crippen molar-refractivity contribution in [2.75, 3.05) is 26.0 Å². The summed E-state index contributed by atoms with van der Waals surface area (Å²) in [4.78, 5) is 12.7. The number of rotatable bonds is 14. The van der Waals surface area contributed by atoms with E-state index in [1.807, 2.05) is 30.3 Å². The van der Waals surface area contributed by atoms with Crippen LogP contribution in [0.25, 0.3) is 6.08 Å². The third-order valence-electron chi connectivity index (χ3n) is 8.38. The number of fused-ring (bicyclic) bond motifs is 1. The highest BCUT2D eigenvalue weighted by Gasteiger charge is 2.44. The molecule has 0 bridgehead atoms. The topological polar surface area (TPSA) is 44.8 Å². The van der Waals surface area contributed by atoms with Crippen molar-refractivity contribution in [2.45, 2.75) is 25.7 Å². The first-order chi connectivity index (χ1) is 22.7. The molecular formula is C41H40BrO4P. The van der Waals surface area contributed by atoms with Crippen LogP contribution in [0.2, 0.25) is 0 Å². The molecule has 0 spiro atoms. The molecule has 0 saturated heterocycles. The second-order valence-electron chi connectivity index (χ2n) is 11.4. The fraction of sp³-hybridized carbons (Fsp3) is 0.195. The molecule has 0 atom stereocenters. The van der Waals surface area contributed by atoms with Crippen LogP contribution in [-0.2, 0) is 0 Å². The third kappa shape index (κ3) is 8.60. The Morgan fingerprint density at radius 3 is 1.79 bits per heavy atom. The van der Waals surface area contributed by atoms with Crippen LogP contribution in [0.3, 0.4) is 0 Å². The van der Waals surface area contributed by atoms with Crippen LogP contribution in [-0.4, -0.2) is 31.8 Å². The van der Waals surface area contributed by atoms with Gasteiger partial charge in [-0.05, 0) is 104 Å². The van der Waals surface area contributed by atoms with Crippen LogP contribution < -0.4 is 47.1 Å². The number of ketones is 1. The predicted molar refractivity (Wildman–Crippen MR) is 191 cm³/mol. The zero-order chi connectivity index (χ0) is 31.4. The maximum Gasteiger partial charge on any atom is 0.185 e. The molecule has 4 nitrogen and oxygen atoms in total. The van der Waals surface area contributed by atoms with E-state index < -0.39 is 7.26 Å². The highest BCUT2D eigenvalue weighted by molar-refractivity contribution is 7.95. The van der Waals surface area contributed by atoms with Gasteiger partial charge in [0.05, 0.1) is 12.8 Å². The Balaban J connectivity index is 0.00000433. The van der Waals surface area contributed by atoms with Gasteiger partial charge >= 0.3 is 0 Å². The first kappa shape index (κ1) is 34.2. The molecule has 5 aromatic rings. The molecule has 0 fully saturated rings. The van der Waals surface area contributed by atoms with Crippen molar-refractivity contribution >= 4 is 35.0 Å². The van der Waals surface area contributed by atoms with E-state index >= 15 is 0 Å². The second-order valence-corrected chi connectivity index (χ2v) is 15.0. The first-order valence-corrected chi connectivity index (χ1v) is 18.1. The van der Waals surface area contributed by atoms with Gasteiger partial charge in [0.2, 0.25) is 0 Å². The Bertz CT molecular complexity index is 1630. The summed E-state index contributed by atoms with van der Waals surface area (Å²) >= 11 is 0. The minimum Gasteiger partial charge on any atom is -1.00 e. The van der Waals surface area contributed by atoms with E-state index in [0.717, 1.165) is 30.3 Å². The molecule has 6 rings (SSSR count). The molecule has 5 aromatic carbocycles. The average Bonchev–Trinajstić information content (AvgIpc) is 3.13. The van der Waals surface area contributed by atoms with Crippen LogP contribution in [0.5, 0.6) is 17.2 Å². The number of unbranched alkanes of at least 4 members (excludes halogenated alkanes) is 3. The van der Waals surface area contributed by atoms with Gasteiger partial charge in [-0.3, -0.25) is 4.79 Å². The minimum absolute atomic E-state index is 0. The summed E-state index contributed by atoms with van der Waals surface area (Å²) in [5.41, 5.74) is 1.52. The van der Waals surface area contributed by atoms with Gasteiger partial charge in [-0.25, -0.2) is 0 Å². The van der Waals surface area contributed by atoms with Gasteiger partial charge in [-0.2, -0.15) is 0 Å². The monoisotopic (exact) mass is 706 g/mol. The summed E-state index contributed by atoms with van der Waals surface area (Å²) in [6, 6.07) is 46.5. The zero-order valence-electron chi connectivity index (χ0n) is 26.5. The summed E-state index contributed by atoms with van der Waals surface area (Å²) in [7, 11) is -1.76. The van der Waals surface area contributed by atoms with Crippen molar-refractivity contribution in [2.24, 2.45) is 0 Å². The van der Waals surface area contributed by atoms with E-state index in [2.05, 4.69) is 91.0 Å². The van der Waals surface area contributed by atoms with Crippen molar-refractivity contribution in [1.29, 1.82) is 0 Å². The number of hydrogen-bond donors (Lipinski definition) is 0. The molecule has 0 aliphatic carbocycles. The molecule has 240 valence electrons. The predicted octanol–water partition coefficient (Wildman–Crippen LogP) is 5.29. The van der Waals surface area contributed by atoms with Crippen LogP contribution in [0.4, 0.5) is 0 Å².